The maximum absolute atomic E-state index is 12.4. The van der Waals surface area contributed by atoms with Crippen molar-refractivity contribution in [3.05, 3.63) is 71.8 Å². The van der Waals surface area contributed by atoms with Crippen LogP contribution in [-0.4, -0.2) is 54.2 Å². The third-order valence-corrected chi connectivity index (χ3v) is 5.80. The number of nitrogens with one attached hydrogen (secondary N) is 1. The second kappa shape index (κ2) is 8.63. The molecule has 4 rings (SSSR count). The number of ether oxygens (including phenoxy) is 1. The smallest absolute Gasteiger partial charge is 0.407 e. The van der Waals surface area contributed by atoms with Crippen molar-refractivity contribution in [2.24, 2.45) is 5.92 Å². The molecule has 0 saturated heterocycles. The third-order valence-electron chi connectivity index (χ3n) is 5.80. The average Bonchev–Trinajstić information content (AvgIpc) is 3.34. The highest BCUT2D eigenvalue weighted by Gasteiger charge is 2.31. The van der Waals surface area contributed by atoms with Crippen molar-refractivity contribution >= 4 is 18.0 Å². The largest absolute Gasteiger partial charge is 0.480 e. The van der Waals surface area contributed by atoms with E-state index in [4.69, 9.17) is 9.84 Å². The molecule has 0 spiro atoms. The summed E-state index contributed by atoms with van der Waals surface area (Å²) in [5.74, 6) is -1.82. The monoisotopic (exact) mass is 420 g/mol. The van der Waals surface area contributed by atoms with E-state index in [2.05, 4.69) is 29.6 Å². The molecular formula is C24H24N2O5. The lowest BCUT2D eigenvalue weighted by molar-refractivity contribution is -0.144. The summed E-state index contributed by atoms with van der Waals surface area (Å²) in [4.78, 5) is 36.7. The van der Waals surface area contributed by atoms with Crippen molar-refractivity contribution in [1.29, 1.82) is 0 Å². The Morgan fingerprint density at radius 3 is 2.26 bits per heavy atom. The molecule has 2 N–H and O–H groups in total. The van der Waals surface area contributed by atoms with Gasteiger partial charge in [0.15, 0.2) is 0 Å². The number of likely N-dealkylation sites (N-methyl/N-ethyl adjacent to an activating group) is 1. The van der Waals surface area contributed by atoms with Crippen LogP contribution in [-0.2, 0) is 14.3 Å². The predicted octanol–water partition coefficient (Wildman–Crippen LogP) is 3.01. The number of carbonyl (C=O) groups excluding carboxylic acids is 2. The zero-order chi connectivity index (χ0) is 22.0. The van der Waals surface area contributed by atoms with E-state index in [1.807, 2.05) is 24.3 Å². The van der Waals surface area contributed by atoms with Crippen LogP contribution in [0.15, 0.2) is 60.7 Å². The summed E-state index contributed by atoms with van der Waals surface area (Å²) in [6, 6.07) is 15.9. The number of carboxylic acids is 1. The standard InChI is InChI=1S/C24H24N2O5/c1-26(13-22(27)28)23(29)15-10-11-16(12-15)25-24(30)31-14-21-19-8-4-2-6-17(19)18-7-3-5-9-20(18)21/h2-11,15-16,21H,12-14H2,1H3,(H,25,30)(H,27,28). The molecule has 7 nitrogen and oxygen atoms in total. The third kappa shape index (κ3) is 4.30. The van der Waals surface area contributed by atoms with E-state index in [9.17, 15) is 14.4 Å². The highest BCUT2D eigenvalue weighted by atomic mass is 16.5. The molecule has 0 aromatic heterocycles. The number of rotatable bonds is 6. The van der Waals surface area contributed by atoms with Gasteiger partial charge < -0.3 is 20.1 Å². The van der Waals surface area contributed by atoms with Gasteiger partial charge in [-0.3, -0.25) is 9.59 Å². The lowest BCUT2D eigenvalue weighted by atomic mass is 9.98. The molecule has 2 atom stereocenters. The van der Waals surface area contributed by atoms with Gasteiger partial charge in [-0.2, -0.15) is 0 Å². The fraction of sp³-hybridized carbons (Fsp3) is 0.292. The van der Waals surface area contributed by atoms with Gasteiger partial charge in [-0.1, -0.05) is 60.7 Å². The summed E-state index contributed by atoms with van der Waals surface area (Å²) in [5, 5.41) is 11.6. The normalized spacial score (nSPS) is 18.9. The molecule has 0 saturated carbocycles. The first kappa shape index (κ1) is 20.7. The molecule has 0 aliphatic heterocycles. The topological polar surface area (TPSA) is 95.9 Å². The van der Waals surface area contributed by atoms with E-state index in [-0.39, 0.29) is 31.0 Å². The molecule has 0 radical (unpaired) electrons. The highest BCUT2D eigenvalue weighted by Crippen LogP contribution is 2.44. The first-order valence-electron chi connectivity index (χ1n) is 10.2. The first-order valence-corrected chi connectivity index (χ1v) is 10.2. The Hall–Kier alpha value is -3.61. The van der Waals surface area contributed by atoms with Gasteiger partial charge >= 0.3 is 12.1 Å². The van der Waals surface area contributed by atoms with Gasteiger partial charge in [0.2, 0.25) is 5.91 Å². The summed E-state index contributed by atoms with van der Waals surface area (Å²) < 4.78 is 5.54. The maximum atomic E-state index is 12.4. The number of aliphatic carboxylic acids is 1. The van der Waals surface area contributed by atoms with Crippen LogP contribution in [0.25, 0.3) is 11.1 Å². The van der Waals surface area contributed by atoms with Crippen molar-refractivity contribution in [3.8, 4) is 11.1 Å². The Bertz CT molecular complexity index is 1000. The number of hydrogen-bond donors (Lipinski definition) is 2. The van der Waals surface area contributed by atoms with Crippen molar-refractivity contribution in [1.82, 2.24) is 10.2 Å². The molecule has 2 aromatic rings. The van der Waals surface area contributed by atoms with Crippen LogP contribution in [0.1, 0.15) is 23.5 Å². The van der Waals surface area contributed by atoms with E-state index < -0.39 is 18.0 Å². The molecule has 2 aromatic carbocycles. The van der Waals surface area contributed by atoms with Gasteiger partial charge in [0.1, 0.15) is 13.2 Å². The van der Waals surface area contributed by atoms with E-state index >= 15 is 0 Å². The van der Waals surface area contributed by atoms with Crippen LogP contribution in [0.3, 0.4) is 0 Å². The lowest BCUT2D eigenvalue weighted by Crippen LogP contribution is -2.38. The number of carbonyl (C=O) groups is 3. The summed E-state index contributed by atoms with van der Waals surface area (Å²) in [7, 11) is 1.45. The van der Waals surface area contributed by atoms with Crippen LogP contribution in [0.5, 0.6) is 0 Å². The number of fused-ring (bicyclic) bond motifs is 3. The van der Waals surface area contributed by atoms with Crippen molar-refractivity contribution < 1.29 is 24.2 Å². The van der Waals surface area contributed by atoms with Crippen molar-refractivity contribution in [2.45, 2.75) is 18.4 Å². The quantitative estimate of drug-likeness (QED) is 0.701. The Kier molecular flexibility index (Phi) is 5.75. The zero-order valence-electron chi connectivity index (χ0n) is 17.2. The maximum Gasteiger partial charge on any atom is 0.407 e. The fourth-order valence-electron chi connectivity index (χ4n) is 4.34. The molecule has 0 heterocycles. The van der Waals surface area contributed by atoms with Gasteiger partial charge in [0, 0.05) is 13.0 Å². The molecule has 2 amide bonds. The van der Waals surface area contributed by atoms with Crippen LogP contribution in [0.2, 0.25) is 0 Å². The number of nitrogens with zero attached hydrogens (tertiary/aromatic N) is 1. The minimum absolute atomic E-state index is 0.0173. The Morgan fingerprint density at radius 1 is 1.03 bits per heavy atom. The minimum Gasteiger partial charge on any atom is -0.480 e. The number of benzene rings is 2. The number of alkyl carbamates (subject to hydrolysis) is 1. The van der Waals surface area contributed by atoms with Gasteiger partial charge in [-0.25, -0.2) is 4.79 Å². The second-order valence-corrected chi connectivity index (χ2v) is 7.89. The van der Waals surface area contributed by atoms with Gasteiger partial charge in [0.25, 0.3) is 0 Å². The Labute approximate surface area is 180 Å². The molecule has 2 unspecified atom stereocenters. The van der Waals surface area contributed by atoms with E-state index in [0.717, 1.165) is 22.3 Å². The fourth-order valence-corrected chi connectivity index (χ4v) is 4.34. The van der Waals surface area contributed by atoms with Gasteiger partial charge in [-0.15, -0.1) is 0 Å². The molecule has 2 aliphatic rings. The highest BCUT2D eigenvalue weighted by molar-refractivity contribution is 5.84. The summed E-state index contributed by atoms with van der Waals surface area (Å²) in [6.07, 6.45) is 3.30. The van der Waals surface area contributed by atoms with E-state index in [0.29, 0.717) is 6.42 Å². The predicted molar refractivity (Wildman–Crippen MR) is 115 cm³/mol. The van der Waals surface area contributed by atoms with Crippen LogP contribution in [0, 0.1) is 5.92 Å². The number of hydrogen-bond acceptors (Lipinski definition) is 4. The van der Waals surface area contributed by atoms with Crippen molar-refractivity contribution in [2.75, 3.05) is 20.2 Å². The van der Waals surface area contributed by atoms with E-state index in [1.165, 1.54) is 11.9 Å². The summed E-state index contributed by atoms with van der Waals surface area (Å²) in [5.41, 5.74) is 4.61. The SMILES string of the molecule is CN(CC(=O)O)C(=O)C1C=CC(NC(=O)OCC2c3ccccc3-c3ccccc32)C1. The number of carboxylic acid groups (broad SMARTS) is 1. The molecule has 2 aliphatic carbocycles. The number of amides is 2. The molecule has 160 valence electrons. The second-order valence-electron chi connectivity index (χ2n) is 7.89. The van der Waals surface area contributed by atoms with Crippen LogP contribution in [0.4, 0.5) is 4.79 Å². The molecule has 7 heteroatoms. The lowest BCUT2D eigenvalue weighted by Gasteiger charge is -2.20. The Morgan fingerprint density at radius 2 is 1.65 bits per heavy atom. The molecule has 0 bridgehead atoms. The summed E-state index contributed by atoms with van der Waals surface area (Å²) in [6.45, 7) is -0.131. The van der Waals surface area contributed by atoms with Crippen LogP contribution >= 0.6 is 0 Å². The molecular weight excluding hydrogens is 396 g/mol. The molecule has 0 fully saturated rings. The zero-order valence-corrected chi connectivity index (χ0v) is 17.2. The van der Waals surface area contributed by atoms with Crippen LogP contribution < -0.4 is 5.32 Å². The van der Waals surface area contributed by atoms with Gasteiger partial charge in [-0.05, 0) is 28.7 Å². The molecule has 31 heavy (non-hydrogen) atoms. The summed E-state index contributed by atoms with van der Waals surface area (Å²) >= 11 is 0. The minimum atomic E-state index is -1.06. The average molecular weight is 420 g/mol. The first-order chi connectivity index (χ1) is 14.9. The van der Waals surface area contributed by atoms with E-state index in [1.54, 1.807) is 12.2 Å². The van der Waals surface area contributed by atoms with Gasteiger partial charge in [0.05, 0.1) is 12.0 Å². The van der Waals surface area contributed by atoms with Crippen molar-refractivity contribution in [3.63, 3.8) is 0 Å². The Balaban J connectivity index is 1.32.